The van der Waals surface area contributed by atoms with E-state index in [9.17, 15) is 0 Å². The van der Waals surface area contributed by atoms with Gasteiger partial charge in [-0.15, -0.1) is 0 Å². The highest BCUT2D eigenvalue weighted by atomic mass is 15.1. The van der Waals surface area contributed by atoms with Crippen LogP contribution in [0.3, 0.4) is 0 Å². The highest BCUT2D eigenvalue weighted by Crippen LogP contribution is 2.30. The summed E-state index contributed by atoms with van der Waals surface area (Å²) in [5, 5.41) is 17.5. The predicted octanol–water partition coefficient (Wildman–Crippen LogP) is 4.93. The molecule has 3 aromatic rings. The van der Waals surface area contributed by atoms with Crippen molar-refractivity contribution < 1.29 is 0 Å². The summed E-state index contributed by atoms with van der Waals surface area (Å²) in [5.74, 6) is 1.68. The Morgan fingerprint density at radius 1 is 1.03 bits per heavy atom. The molecule has 0 saturated heterocycles. The second-order valence-corrected chi connectivity index (χ2v) is 8.74. The van der Waals surface area contributed by atoms with Crippen LogP contribution in [0.25, 0.3) is 10.9 Å². The smallest absolute Gasteiger partial charge is 0.128 e. The van der Waals surface area contributed by atoms with Crippen LogP contribution in [0.1, 0.15) is 36.8 Å². The molecule has 1 heterocycles. The molecule has 1 aromatic heterocycles. The lowest BCUT2D eigenvalue weighted by Gasteiger charge is -2.30. The van der Waals surface area contributed by atoms with Crippen molar-refractivity contribution in [2.75, 3.05) is 30.9 Å². The fourth-order valence-corrected chi connectivity index (χ4v) is 4.49. The number of nitriles is 1. The molecule has 1 fully saturated rings. The van der Waals surface area contributed by atoms with Gasteiger partial charge in [0.2, 0.25) is 0 Å². The van der Waals surface area contributed by atoms with Gasteiger partial charge < -0.3 is 15.5 Å². The number of rotatable bonds is 7. The van der Waals surface area contributed by atoms with Gasteiger partial charge in [0.1, 0.15) is 5.82 Å². The minimum Gasteiger partial charge on any atom is -0.377 e. The van der Waals surface area contributed by atoms with Crippen LogP contribution in [0.2, 0.25) is 0 Å². The molecule has 5 nitrogen and oxygen atoms in total. The number of pyridine rings is 1. The third kappa shape index (κ3) is 5.34. The molecule has 0 spiro atoms. The van der Waals surface area contributed by atoms with Gasteiger partial charge in [-0.05, 0) is 61.9 Å². The van der Waals surface area contributed by atoms with Crippen LogP contribution < -0.4 is 15.5 Å². The molecular formula is C26H31N5. The van der Waals surface area contributed by atoms with Gasteiger partial charge in [-0.1, -0.05) is 30.3 Å². The Kier molecular flexibility index (Phi) is 6.69. The average Bonchev–Trinajstić information content (AvgIpc) is 2.80. The third-order valence-electron chi connectivity index (χ3n) is 6.19. The molecule has 5 heteroatoms. The van der Waals surface area contributed by atoms with E-state index in [4.69, 9.17) is 10.2 Å². The highest BCUT2D eigenvalue weighted by molar-refractivity contribution is 5.93. The van der Waals surface area contributed by atoms with E-state index in [1.54, 1.807) is 0 Å². The van der Waals surface area contributed by atoms with Crippen molar-refractivity contribution >= 4 is 22.4 Å². The largest absolute Gasteiger partial charge is 0.377 e. The van der Waals surface area contributed by atoms with Gasteiger partial charge in [-0.25, -0.2) is 4.98 Å². The van der Waals surface area contributed by atoms with Crippen molar-refractivity contribution in [3.63, 3.8) is 0 Å². The summed E-state index contributed by atoms with van der Waals surface area (Å²) in [6.07, 6.45) is 4.78. The molecule has 1 aliphatic carbocycles. The quantitative estimate of drug-likeness (QED) is 0.575. The monoisotopic (exact) mass is 413 g/mol. The van der Waals surface area contributed by atoms with Crippen LogP contribution in [-0.2, 0) is 6.54 Å². The van der Waals surface area contributed by atoms with E-state index in [1.165, 1.54) is 42.3 Å². The molecule has 0 unspecified atom stereocenters. The maximum Gasteiger partial charge on any atom is 0.128 e. The van der Waals surface area contributed by atoms with Crippen molar-refractivity contribution in [1.82, 2.24) is 10.3 Å². The van der Waals surface area contributed by atoms with E-state index in [1.807, 2.05) is 24.3 Å². The molecule has 160 valence electrons. The van der Waals surface area contributed by atoms with E-state index in [0.29, 0.717) is 12.0 Å². The molecule has 2 aromatic carbocycles. The standard InChI is InChI=1S/C26H31N5/c1-31(2)25-15-26(30-24-9-4-3-8-23(24)25)29-22-12-10-19(11-13-22)17-28-18-21-7-5-6-20(14-21)16-27/h3-9,14-15,19,22,28H,10-13,17-18H2,1-2H3,(H,29,30)/t19-,22+. The van der Waals surface area contributed by atoms with Gasteiger partial charge in [0.25, 0.3) is 0 Å². The number of nitrogens with zero attached hydrogens (tertiary/aromatic N) is 3. The van der Waals surface area contributed by atoms with Crippen molar-refractivity contribution in [1.29, 1.82) is 5.26 Å². The number of hydrogen-bond donors (Lipinski definition) is 2. The molecule has 0 atom stereocenters. The second-order valence-electron chi connectivity index (χ2n) is 8.74. The predicted molar refractivity (Wildman–Crippen MR) is 128 cm³/mol. The van der Waals surface area contributed by atoms with Crippen molar-refractivity contribution in [3.8, 4) is 6.07 Å². The summed E-state index contributed by atoms with van der Waals surface area (Å²) >= 11 is 0. The van der Waals surface area contributed by atoms with Crippen LogP contribution in [0.15, 0.2) is 54.6 Å². The molecule has 31 heavy (non-hydrogen) atoms. The van der Waals surface area contributed by atoms with Gasteiger partial charge >= 0.3 is 0 Å². The van der Waals surface area contributed by atoms with E-state index in [2.05, 4.69) is 66.0 Å². The second kappa shape index (κ2) is 9.80. The Hall–Kier alpha value is -3.10. The van der Waals surface area contributed by atoms with Gasteiger partial charge in [0, 0.05) is 43.8 Å². The number of aromatic nitrogens is 1. The van der Waals surface area contributed by atoms with Gasteiger partial charge in [0.15, 0.2) is 0 Å². The summed E-state index contributed by atoms with van der Waals surface area (Å²) in [4.78, 5) is 7.01. The lowest BCUT2D eigenvalue weighted by atomic mass is 9.86. The number of hydrogen-bond acceptors (Lipinski definition) is 5. The number of benzene rings is 2. The van der Waals surface area contributed by atoms with E-state index in [-0.39, 0.29) is 0 Å². The Morgan fingerprint density at radius 2 is 1.84 bits per heavy atom. The van der Waals surface area contributed by atoms with Crippen molar-refractivity contribution in [2.24, 2.45) is 5.92 Å². The topological polar surface area (TPSA) is 64.0 Å². The number of anilines is 2. The van der Waals surface area contributed by atoms with Crippen LogP contribution in [0.4, 0.5) is 11.5 Å². The molecule has 0 bridgehead atoms. The maximum atomic E-state index is 9.03. The third-order valence-corrected chi connectivity index (χ3v) is 6.19. The minimum absolute atomic E-state index is 0.479. The van der Waals surface area contributed by atoms with Crippen molar-refractivity contribution in [2.45, 2.75) is 38.3 Å². The average molecular weight is 414 g/mol. The van der Waals surface area contributed by atoms with E-state index >= 15 is 0 Å². The normalized spacial score (nSPS) is 18.5. The van der Waals surface area contributed by atoms with Gasteiger partial charge in [-0.3, -0.25) is 0 Å². The zero-order chi connectivity index (χ0) is 21.6. The first kappa shape index (κ1) is 21.1. The zero-order valence-electron chi connectivity index (χ0n) is 18.4. The number of nitrogens with one attached hydrogen (secondary N) is 2. The fraction of sp³-hybridized carbons (Fsp3) is 0.385. The molecule has 2 N–H and O–H groups in total. The van der Waals surface area contributed by atoms with E-state index < -0.39 is 0 Å². The maximum absolute atomic E-state index is 9.03. The minimum atomic E-state index is 0.479. The molecule has 0 aliphatic heterocycles. The molecule has 1 aliphatic rings. The summed E-state index contributed by atoms with van der Waals surface area (Å²) in [6, 6.07) is 21.0. The summed E-state index contributed by atoms with van der Waals surface area (Å²) in [5.41, 5.74) is 4.14. The molecular weight excluding hydrogens is 382 g/mol. The molecule has 1 saturated carbocycles. The summed E-state index contributed by atoms with van der Waals surface area (Å²) in [6.45, 7) is 1.85. The van der Waals surface area contributed by atoms with Crippen LogP contribution in [0, 0.1) is 17.2 Å². The Bertz CT molecular complexity index is 1060. The molecule has 0 amide bonds. The Balaban J connectivity index is 1.29. The highest BCUT2D eigenvalue weighted by Gasteiger charge is 2.21. The first-order chi connectivity index (χ1) is 15.1. The number of para-hydroxylation sites is 1. The fourth-order valence-electron chi connectivity index (χ4n) is 4.49. The number of fused-ring (bicyclic) bond motifs is 1. The molecule has 4 rings (SSSR count). The van der Waals surface area contributed by atoms with Crippen LogP contribution in [0.5, 0.6) is 0 Å². The lowest BCUT2D eigenvalue weighted by molar-refractivity contribution is 0.324. The summed E-state index contributed by atoms with van der Waals surface area (Å²) < 4.78 is 0. The van der Waals surface area contributed by atoms with Crippen molar-refractivity contribution in [3.05, 3.63) is 65.7 Å². The van der Waals surface area contributed by atoms with Crippen LogP contribution >= 0.6 is 0 Å². The summed E-state index contributed by atoms with van der Waals surface area (Å²) in [7, 11) is 4.17. The SMILES string of the molecule is CN(C)c1cc(N[C@H]2CC[C@@H](CNCc3cccc(C#N)c3)CC2)nc2ccccc12. The van der Waals surface area contributed by atoms with Gasteiger partial charge in [0.05, 0.1) is 17.1 Å². The van der Waals surface area contributed by atoms with Gasteiger partial charge in [-0.2, -0.15) is 5.26 Å². The van der Waals surface area contributed by atoms with Crippen LogP contribution in [-0.4, -0.2) is 31.7 Å². The zero-order valence-corrected chi connectivity index (χ0v) is 18.4. The Labute approximate surface area is 185 Å². The molecule has 0 radical (unpaired) electrons. The first-order valence-electron chi connectivity index (χ1n) is 11.2. The first-order valence-corrected chi connectivity index (χ1v) is 11.2. The lowest BCUT2D eigenvalue weighted by Crippen LogP contribution is -2.31. The van der Waals surface area contributed by atoms with E-state index in [0.717, 1.165) is 30.0 Å². The Morgan fingerprint density at radius 3 is 2.61 bits per heavy atom.